The number of hydrogen-bond acceptors (Lipinski definition) is 3. The smallest absolute Gasteiger partial charge is 0.238 e. The largest absolute Gasteiger partial charge is 0.337 e. The fourth-order valence-corrected chi connectivity index (χ4v) is 4.17. The lowest BCUT2D eigenvalue weighted by Gasteiger charge is -2.33. The van der Waals surface area contributed by atoms with Gasteiger partial charge in [0.25, 0.3) is 0 Å². The third-order valence-corrected chi connectivity index (χ3v) is 5.74. The Bertz CT molecular complexity index is 426. The number of sulfonamides is 1. The van der Waals surface area contributed by atoms with E-state index in [1.165, 1.54) is 4.31 Å². The highest BCUT2D eigenvalue weighted by Crippen LogP contribution is 2.32. The van der Waals surface area contributed by atoms with Crippen LogP contribution in [0, 0.1) is 5.92 Å². The number of hydrogen-bond donors (Lipinski definition) is 0. The summed E-state index contributed by atoms with van der Waals surface area (Å²) in [6, 6.07) is 0.399. The predicted molar refractivity (Wildman–Crippen MR) is 62.8 cm³/mol. The first-order valence-corrected chi connectivity index (χ1v) is 7.94. The summed E-state index contributed by atoms with van der Waals surface area (Å²) >= 11 is 0. The minimum Gasteiger partial charge on any atom is -0.337 e. The molecule has 17 heavy (non-hydrogen) atoms. The minimum atomic E-state index is -3.20. The van der Waals surface area contributed by atoms with Crippen LogP contribution in [0.3, 0.4) is 0 Å². The van der Waals surface area contributed by atoms with Gasteiger partial charge in [-0.05, 0) is 31.6 Å². The third-order valence-electron chi connectivity index (χ3n) is 3.75. The van der Waals surface area contributed by atoms with Crippen LogP contribution in [0.5, 0.6) is 0 Å². The van der Waals surface area contributed by atoms with Gasteiger partial charge in [0, 0.05) is 19.1 Å². The fraction of sp³-hybridized carbons (Fsp3) is 0.909. The first-order valence-electron chi connectivity index (χ1n) is 6.33. The average Bonchev–Trinajstić information content (AvgIpc) is 3.11. The first-order chi connectivity index (χ1) is 8.06. The highest BCUT2D eigenvalue weighted by molar-refractivity contribution is 7.89. The Morgan fingerprint density at radius 1 is 1.12 bits per heavy atom. The Morgan fingerprint density at radius 2 is 1.82 bits per heavy atom. The summed E-state index contributed by atoms with van der Waals surface area (Å²) in [5.74, 6) is 0.568. The standard InChI is InChI=1S/C11H18N2O3S/c14-11-7-12(5-6-13(11)10-3-4-10)17(15,16)8-9-1-2-9/h9-10H,1-8H2. The summed E-state index contributed by atoms with van der Waals surface area (Å²) < 4.78 is 25.4. The monoisotopic (exact) mass is 258 g/mol. The summed E-state index contributed by atoms with van der Waals surface area (Å²) in [6.45, 7) is 1.12. The van der Waals surface area contributed by atoms with E-state index in [0.29, 0.717) is 25.0 Å². The summed E-state index contributed by atoms with van der Waals surface area (Å²) in [7, 11) is -3.20. The Balaban J connectivity index is 1.63. The van der Waals surface area contributed by atoms with Crippen molar-refractivity contribution in [1.82, 2.24) is 9.21 Å². The van der Waals surface area contributed by atoms with Gasteiger partial charge in [-0.1, -0.05) is 0 Å². The van der Waals surface area contributed by atoms with Gasteiger partial charge in [-0.15, -0.1) is 0 Å². The first kappa shape index (κ1) is 11.5. The molecular formula is C11H18N2O3S. The van der Waals surface area contributed by atoms with Crippen molar-refractivity contribution in [2.75, 3.05) is 25.4 Å². The normalized spacial score (nSPS) is 27.5. The molecule has 3 fully saturated rings. The molecule has 0 spiro atoms. The Hall–Kier alpha value is -0.620. The summed E-state index contributed by atoms with van der Waals surface area (Å²) in [4.78, 5) is 13.7. The number of carbonyl (C=O) groups excluding carboxylic acids is 1. The lowest BCUT2D eigenvalue weighted by molar-refractivity contribution is -0.134. The lowest BCUT2D eigenvalue weighted by atomic mass is 10.3. The molecule has 1 aliphatic heterocycles. The Kier molecular flexibility index (Phi) is 2.66. The zero-order valence-electron chi connectivity index (χ0n) is 9.84. The summed E-state index contributed by atoms with van der Waals surface area (Å²) in [5, 5.41) is 0. The average molecular weight is 258 g/mol. The van der Waals surface area contributed by atoms with E-state index in [4.69, 9.17) is 0 Å². The number of carbonyl (C=O) groups is 1. The maximum Gasteiger partial charge on any atom is 0.238 e. The zero-order chi connectivity index (χ0) is 12.0. The van der Waals surface area contributed by atoms with Gasteiger partial charge in [0.1, 0.15) is 0 Å². The van der Waals surface area contributed by atoms with Crippen molar-refractivity contribution in [3.63, 3.8) is 0 Å². The molecule has 0 aromatic heterocycles. The molecule has 6 heteroatoms. The molecule has 0 aromatic rings. The molecule has 3 aliphatic rings. The molecule has 1 saturated heterocycles. The van der Waals surface area contributed by atoms with Crippen molar-refractivity contribution in [1.29, 1.82) is 0 Å². The van der Waals surface area contributed by atoms with Crippen LogP contribution in [0.25, 0.3) is 0 Å². The molecule has 0 unspecified atom stereocenters. The fourth-order valence-electron chi connectivity index (χ4n) is 2.36. The van der Waals surface area contributed by atoms with Gasteiger partial charge in [-0.25, -0.2) is 8.42 Å². The molecule has 0 N–H and O–H groups in total. The van der Waals surface area contributed by atoms with E-state index in [0.717, 1.165) is 25.7 Å². The van der Waals surface area contributed by atoms with Crippen LogP contribution in [0.2, 0.25) is 0 Å². The molecule has 1 amide bonds. The molecule has 2 saturated carbocycles. The van der Waals surface area contributed by atoms with Crippen LogP contribution in [0.1, 0.15) is 25.7 Å². The molecule has 3 rings (SSSR count). The van der Waals surface area contributed by atoms with Gasteiger partial charge in [0.05, 0.1) is 12.3 Å². The van der Waals surface area contributed by atoms with Crippen LogP contribution in [0.4, 0.5) is 0 Å². The zero-order valence-corrected chi connectivity index (χ0v) is 10.7. The van der Waals surface area contributed by atoms with E-state index < -0.39 is 10.0 Å². The van der Waals surface area contributed by atoms with E-state index in [1.807, 2.05) is 4.90 Å². The molecule has 2 aliphatic carbocycles. The number of piperazine rings is 1. The van der Waals surface area contributed by atoms with Crippen LogP contribution >= 0.6 is 0 Å². The van der Waals surface area contributed by atoms with Crippen LogP contribution in [0.15, 0.2) is 0 Å². The maximum atomic E-state index is 12.0. The molecule has 0 radical (unpaired) electrons. The van der Waals surface area contributed by atoms with Crippen LogP contribution < -0.4 is 0 Å². The summed E-state index contributed by atoms with van der Waals surface area (Å²) in [6.07, 6.45) is 4.21. The van der Waals surface area contributed by atoms with Crippen molar-refractivity contribution in [2.45, 2.75) is 31.7 Å². The second-order valence-electron chi connectivity index (χ2n) is 5.37. The van der Waals surface area contributed by atoms with Crippen molar-refractivity contribution in [3.8, 4) is 0 Å². The third kappa shape index (κ3) is 2.47. The second kappa shape index (κ2) is 3.95. The predicted octanol–water partition coefficient (Wildman–Crippen LogP) is 0.0328. The minimum absolute atomic E-state index is 0.0156. The molecule has 0 atom stereocenters. The van der Waals surface area contributed by atoms with Crippen molar-refractivity contribution in [3.05, 3.63) is 0 Å². The topological polar surface area (TPSA) is 57.7 Å². The number of nitrogens with zero attached hydrogens (tertiary/aromatic N) is 2. The molecule has 0 bridgehead atoms. The lowest BCUT2D eigenvalue weighted by Crippen LogP contribution is -2.53. The van der Waals surface area contributed by atoms with E-state index >= 15 is 0 Å². The molecule has 96 valence electrons. The Morgan fingerprint density at radius 3 is 2.35 bits per heavy atom. The molecule has 5 nitrogen and oxygen atoms in total. The molecule has 1 heterocycles. The second-order valence-corrected chi connectivity index (χ2v) is 7.39. The number of rotatable bonds is 4. The van der Waals surface area contributed by atoms with Crippen molar-refractivity contribution < 1.29 is 13.2 Å². The molecular weight excluding hydrogens is 240 g/mol. The van der Waals surface area contributed by atoms with Crippen LogP contribution in [-0.4, -0.2) is 55.0 Å². The van der Waals surface area contributed by atoms with Gasteiger partial charge < -0.3 is 4.90 Å². The van der Waals surface area contributed by atoms with Gasteiger partial charge in [0.2, 0.25) is 15.9 Å². The van der Waals surface area contributed by atoms with Gasteiger partial charge in [0.15, 0.2) is 0 Å². The van der Waals surface area contributed by atoms with Crippen molar-refractivity contribution >= 4 is 15.9 Å². The number of amides is 1. The van der Waals surface area contributed by atoms with E-state index in [9.17, 15) is 13.2 Å². The van der Waals surface area contributed by atoms with Gasteiger partial charge >= 0.3 is 0 Å². The highest BCUT2D eigenvalue weighted by Gasteiger charge is 2.40. The Labute approximate surface area is 102 Å². The SMILES string of the molecule is O=C1CN(S(=O)(=O)CC2CC2)CCN1C1CC1. The van der Waals surface area contributed by atoms with Gasteiger partial charge in [-0.3, -0.25) is 4.79 Å². The maximum absolute atomic E-state index is 12.0. The van der Waals surface area contributed by atoms with Crippen molar-refractivity contribution in [2.24, 2.45) is 5.92 Å². The highest BCUT2D eigenvalue weighted by atomic mass is 32.2. The van der Waals surface area contributed by atoms with E-state index in [1.54, 1.807) is 0 Å². The van der Waals surface area contributed by atoms with E-state index in [2.05, 4.69) is 0 Å². The van der Waals surface area contributed by atoms with Gasteiger partial charge in [-0.2, -0.15) is 4.31 Å². The summed E-state index contributed by atoms with van der Waals surface area (Å²) in [5.41, 5.74) is 0. The van der Waals surface area contributed by atoms with Crippen LogP contribution in [-0.2, 0) is 14.8 Å². The quantitative estimate of drug-likeness (QED) is 0.715. The van der Waals surface area contributed by atoms with E-state index in [-0.39, 0.29) is 18.2 Å². The molecule has 0 aromatic carbocycles.